The lowest BCUT2D eigenvalue weighted by Crippen LogP contribution is -2.20. The first-order valence-electron chi connectivity index (χ1n) is 7.35. The molecule has 1 aliphatic rings. The molecule has 1 aromatic carbocycles. The summed E-state index contributed by atoms with van der Waals surface area (Å²) in [5, 5.41) is 3.47. The molecule has 0 aliphatic carbocycles. The van der Waals surface area contributed by atoms with Crippen molar-refractivity contribution in [2.24, 2.45) is 11.8 Å². The lowest BCUT2D eigenvalue weighted by atomic mass is 10.1. The number of benzene rings is 1. The molecule has 4 heteroatoms. The molecule has 1 atom stereocenters. The maximum atomic E-state index is 5.99. The molecular formula is C16H24BrNO2. The van der Waals surface area contributed by atoms with Gasteiger partial charge in [-0.15, -0.1) is 0 Å². The van der Waals surface area contributed by atoms with Crippen LogP contribution in [0.5, 0.6) is 5.75 Å². The van der Waals surface area contributed by atoms with Crippen LogP contribution < -0.4 is 10.1 Å². The van der Waals surface area contributed by atoms with E-state index in [9.17, 15) is 0 Å². The van der Waals surface area contributed by atoms with Crippen molar-refractivity contribution < 1.29 is 9.47 Å². The third-order valence-electron chi connectivity index (χ3n) is 3.39. The Kier molecular flexibility index (Phi) is 6.33. The van der Waals surface area contributed by atoms with Gasteiger partial charge in [-0.25, -0.2) is 0 Å². The predicted octanol–water partition coefficient (Wildman–Crippen LogP) is 3.61. The van der Waals surface area contributed by atoms with Gasteiger partial charge in [-0.05, 0) is 37.1 Å². The molecule has 1 N–H and O–H groups in total. The molecule has 0 spiro atoms. The van der Waals surface area contributed by atoms with Crippen molar-refractivity contribution in [3.8, 4) is 5.75 Å². The summed E-state index contributed by atoms with van der Waals surface area (Å²) in [5.41, 5.74) is 1.21. The van der Waals surface area contributed by atoms with Crippen LogP contribution in [0.25, 0.3) is 0 Å². The minimum atomic E-state index is 0.537. The van der Waals surface area contributed by atoms with Gasteiger partial charge in [0.1, 0.15) is 5.75 Å². The Labute approximate surface area is 130 Å². The van der Waals surface area contributed by atoms with Crippen molar-refractivity contribution in [2.45, 2.75) is 26.8 Å². The molecule has 1 aliphatic heterocycles. The molecule has 1 heterocycles. The van der Waals surface area contributed by atoms with E-state index >= 15 is 0 Å². The average molecular weight is 342 g/mol. The Morgan fingerprint density at radius 2 is 2.30 bits per heavy atom. The first kappa shape index (κ1) is 15.8. The zero-order valence-corrected chi connectivity index (χ0v) is 13.9. The largest absolute Gasteiger partial charge is 0.493 e. The first-order chi connectivity index (χ1) is 9.65. The second-order valence-corrected chi connectivity index (χ2v) is 6.73. The van der Waals surface area contributed by atoms with E-state index in [1.807, 2.05) is 12.1 Å². The molecule has 0 amide bonds. The van der Waals surface area contributed by atoms with Crippen LogP contribution >= 0.6 is 15.9 Å². The molecule has 0 bridgehead atoms. The lowest BCUT2D eigenvalue weighted by molar-refractivity contribution is 0.166. The van der Waals surface area contributed by atoms with Gasteiger partial charge in [0.25, 0.3) is 0 Å². The van der Waals surface area contributed by atoms with Gasteiger partial charge in [0, 0.05) is 29.1 Å². The fourth-order valence-electron chi connectivity index (χ4n) is 2.24. The molecule has 0 aromatic heterocycles. The summed E-state index contributed by atoms with van der Waals surface area (Å²) >= 11 is 3.53. The number of nitrogens with one attached hydrogen (secondary N) is 1. The van der Waals surface area contributed by atoms with Gasteiger partial charge in [-0.1, -0.05) is 29.8 Å². The molecular weight excluding hydrogens is 318 g/mol. The summed E-state index contributed by atoms with van der Waals surface area (Å²) in [6.07, 6.45) is 1.11. The van der Waals surface area contributed by atoms with Crippen molar-refractivity contribution in [2.75, 3.05) is 26.4 Å². The van der Waals surface area contributed by atoms with Gasteiger partial charge in [0.05, 0.1) is 13.2 Å². The smallest absolute Gasteiger partial charge is 0.123 e. The highest BCUT2D eigenvalue weighted by atomic mass is 79.9. The van der Waals surface area contributed by atoms with Crippen molar-refractivity contribution in [3.63, 3.8) is 0 Å². The summed E-state index contributed by atoms with van der Waals surface area (Å²) in [6, 6.07) is 6.21. The third-order valence-corrected chi connectivity index (χ3v) is 3.88. The number of hydrogen-bond acceptors (Lipinski definition) is 3. The zero-order valence-electron chi connectivity index (χ0n) is 12.3. The van der Waals surface area contributed by atoms with Gasteiger partial charge in [-0.2, -0.15) is 0 Å². The SMILES string of the molecule is CC(C)CNCc1cc(Br)ccc1OCC1CCOC1. The number of halogens is 1. The molecule has 1 aromatic rings. The van der Waals surface area contributed by atoms with Gasteiger partial charge in [0.2, 0.25) is 0 Å². The van der Waals surface area contributed by atoms with E-state index in [0.29, 0.717) is 11.8 Å². The van der Waals surface area contributed by atoms with Crippen molar-refractivity contribution >= 4 is 15.9 Å². The summed E-state index contributed by atoms with van der Waals surface area (Å²) < 4.78 is 12.5. The Balaban J connectivity index is 1.91. The fourth-order valence-corrected chi connectivity index (χ4v) is 2.65. The Morgan fingerprint density at radius 1 is 1.45 bits per heavy atom. The second kappa shape index (κ2) is 8.01. The Bertz CT molecular complexity index is 417. The molecule has 1 saturated heterocycles. The standard InChI is InChI=1S/C16H24BrNO2/c1-12(2)8-18-9-14-7-15(17)3-4-16(14)20-11-13-5-6-19-10-13/h3-4,7,12-13,18H,5-6,8-11H2,1-2H3. The molecule has 3 nitrogen and oxygen atoms in total. The van der Waals surface area contributed by atoms with Crippen molar-refractivity contribution in [3.05, 3.63) is 28.2 Å². The van der Waals surface area contributed by atoms with Crippen LogP contribution in [0.1, 0.15) is 25.8 Å². The van der Waals surface area contributed by atoms with Crippen LogP contribution in [-0.2, 0) is 11.3 Å². The first-order valence-corrected chi connectivity index (χ1v) is 8.14. The molecule has 0 saturated carbocycles. The monoisotopic (exact) mass is 341 g/mol. The fraction of sp³-hybridized carbons (Fsp3) is 0.625. The second-order valence-electron chi connectivity index (χ2n) is 5.82. The van der Waals surface area contributed by atoms with Gasteiger partial charge < -0.3 is 14.8 Å². The van der Waals surface area contributed by atoms with E-state index < -0.39 is 0 Å². The van der Waals surface area contributed by atoms with E-state index in [4.69, 9.17) is 9.47 Å². The topological polar surface area (TPSA) is 30.5 Å². The van der Waals surface area contributed by atoms with Crippen LogP contribution in [0, 0.1) is 11.8 Å². The quantitative estimate of drug-likeness (QED) is 0.821. The van der Waals surface area contributed by atoms with Crippen LogP contribution in [0.3, 0.4) is 0 Å². The Morgan fingerprint density at radius 3 is 3.00 bits per heavy atom. The molecule has 2 rings (SSSR count). The van der Waals surface area contributed by atoms with E-state index in [1.54, 1.807) is 0 Å². The average Bonchev–Trinajstić information content (AvgIpc) is 2.90. The van der Waals surface area contributed by atoms with Crippen molar-refractivity contribution in [1.29, 1.82) is 0 Å². The molecule has 1 fully saturated rings. The van der Waals surface area contributed by atoms with Crippen LogP contribution in [0.15, 0.2) is 22.7 Å². The summed E-state index contributed by atoms with van der Waals surface area (Å²) in [7, 11) is 0. The summed E-state index contributed by atoms with van der Waals surface area (Å²) in [5.74, 6) is 2.17. The van der Waals surface area contributed by atoms with Crippen molar-refractivity contribution in [1.82, 2.24) is 5.32 Å². The predicted molar refractivity (Wildman–Crippen MR) is 85.1 cm³/mol. The number of rotatable bonds is 7. The third kappa shape index (κ3) is 5.08. The zero-order chi connectivity index (χ0) is 14.4. The van der Waals surface area contributed by atoms with E-state index in [1.165, 1.54) is 5.56 Å². The number of ether oxygens (including phenoxy) is 2. The van der Waals surface area contributed by atoms with E-state index in [0.717, 1.165) is 49.6 Å². The minimum Gasteiger partial charge on any atom is -0.493 e. The van der Waals surface area contributed by atoms with Gasteiger partial charge in [0.15, 0.2) is 0 Å². The van der Waals surface area contributed by atoms with Gasteiger partial charge >= 0.3 is 0 Å². The highest BCUT2D eigenvalue weighted by Crippen LogP contribution is 2.24. The Hall–Kier alpha value is -0.580. The van der Waals surface area contributed by atoms with E-state index in [2.05, 4.69) is 41.2 Å². The molecule has 112 valence electrons. The van der Waals surface area contributed by atoms with Crippen LogP contribution in [-0.4, -0.2) is 26.4 Å². The molecule has 0 radical (unpaired) electrons. The van der Waals surface area contributed by atoms with E-state index in [-0.39, 0.29) is 0 Å². The van der Waals surface area contributed by atoms with Crippen LogP contribution in [0.4, 0.5) is 0 Å². The van der Waals surface area contributed by atoms with Gasteiger partial charge in [-0.3, -0.25) is 0 Å². The molecule has 1 unspecified atom stereocenters. The maximum absolute atomic E-state index is 5.99. The summed E-state index contributed by atoms with van der Waals surface area (Å²) in [6.45, 7) is 8.74. The number of hydrogen-bond donors (Lipinski definition) is 1. The highest BCUT2D eigenvalue weighted by molar-refractivity contribution is 9.10. The summed E-state index contributed by atoms with van der Waals surface area (Å²) in [4.78, 5) is 0. The van der Waals surface area contributed by atoms with Crippen LogP contribution in [0.2, 0.25) is 0 Å². The molecule has 20 heavy (non-hydrogen) atoms. The minimum absolute atomic E-state index is 0.537. The normalized spacial score (nSPS) is 18.7. The highest BCUT2D eigenvalue weighted by Gasteiger charge is 2.17. The lowest BCUT2D eigenvalue weighted by Gasteiger charge is -2.15. The maximum Gasteiger partial charge on any atom is 0.123 e.